The molecule has 146 valence electrons. The van der Waals surface area contributed by atoms with Gasteiger partial charge in [-0.3, -0.25) is 9.59 Å². The molecule has 1 aliphatic heterocycles. The third kappa shape index (κ3) is 3.10. The molecular weight excluding hydrogens is 342 g/mol. The van der Waals surface area contributed by atoms with Crippen LogP contribution < -0.4 is 15.4 Å². The van der Waals surface area contributed by atoms with Crippen molar-refractivity contribution in [2.24, 2.45) is 17.3 Å². The van der Waals surface area contributed by atoms with E-state index in [9.17, 15) is 9.59 Å². The number of nitrogens with zero attached hydrogens (tertiary/aromatic N) is 1. The maximum absolute atomic E-state index is 12.9. The minimum atomic E-state index is -0.682. The molecule has 2 bridgehead atoms. The molecule has 1 heterocycles. The zero-order valence-corrected chi connectivity index (χ0v) is 16.4. The van der Waals surface area contributed by atoms with Gasteiger partial charge in [0, 0.05) is 31.3 Å². The van der Waals surface area contributed by atoms with Crippen molar-refractivity contribution < 1.29 is 14.3 Å². The molecule has 4 atom stereocenters. The van der Waals surface area contributed by atoms with Crippen molar-refractivity contribution in [3.63, 3.8) is 0 Å². The number of rotatable bonds is 4. The molecule has 3 fully saturated rings. The van der Waals surface area contributed by atoms with E-state index >= 15 is 0 Å². The first-order valence-electron chi connectivity index (χ1n) is 9.86. The van der Waals surface area contributed by atoms with Crippen molar-refractivity contribution in [3.8, 4) is 5.75 Å². The average molecular weight is 371 g/mol. The third-order valence-electron chi connectivity index (χ3n) is 6.67. The Labute approximate surface area is 160 Å². The second kappa shape index (κ2) is 6.51. The maximum atomic E-state index is 12.9. The Morgan fingerprint density at radius 2 is 2.15 bits per heavy atom. The quantitative estimate of drug-likeness (QED) is 0.849. The van der Waals surface area contributed by atoms with Crippen LogP contribution in [0, 0.1) is 17.3 Å². The van der Waals surface area contributed by atoms with Gasteiger partial charge in [-0.1, -0.05) is 19.1 Å². The lowest BCUT2D eigenvalue weighted by Gasteiger charge is -2.59. The van der Waals surface area contributed by atoms with Gasteiger partial charge in [-0.2, -0.15) is 0 Å². The molecule has 5 rings (SSSR count). The molecule has 0 aromatic heterocycles. The highest BCUT2D eigenvalue weighted by atomic mass is 16.5. The van der Waals surface area contributed by atoms with Gasteiger partial charge in [0.05, 0.1) is 5.56 Å². The zero-order chi connectivity index (χ0) is 19.2. The molecular formula is C21H29N3O3. The second-order valence-electron chi connectivity index (χ2n) is 8.89. The summed E-state index contributed by atoms with van der Waals surface area (Å²) < 4.78 is 6.40. The summed E-state index contributed by atoms with van der Waals surface area (Å²) >= 11 is 0. The van der Waals surface area contributed by atoms with Crippen LogP contribution in [-0.4, -0.2) is 49.6 Å². The zero-order valence-electron chi connectivity index (χ0n) is 16.4. The van der Waals surface area contributed by atoms with Gasteiger partial charge >= 0.3 is 0 Å². The fraction of sp³-hybridized carbons (Fsp3) is 0.619. The number of ether oxygens (including phenoxy) is 1. The third-order valence-corrected chi connectivity index (χ3v) is 6.67. The summed E-state index contributed by atoms with van der Waals surface area (Å²) in [6.07, 6.45) is 3.40. The second-order valence-corrected chi connectivity index (χ2v) is 8.89. The van der Waals surface area contributed by atoms with Gasteiger partial charge in [-0.25, -0.2) is 0 Å². The Kier molecular flexibility index (Phi) is 4.41. The van der Waals surface area contributed by atoms with Crippen molar-refractivity contribution in [1.82, 2.24) is 15.5 Å². The van der Waals surface area contributed by atoms with Crippen LogP contribution in [0.4, 0.5) is 0 Å². The monoisotopic (exact) mass is 371 g/mol. The molecule has 4 aliphatic rings. The molecule has 27 heavy (non-hydrogen) atoms. The van der Waals surface area contributed by atoms with Crippen LogP contribution in [0.1, 0.15) is 43.0 Å². The van der Waals surface area contributed by atoms with E-state index in [0.29, 0.717) is 24.3 Å². The normalized spacial score (nSPS) is 34.1. The SMILES string of the molecule is CN(C)CCNC(=O)C1CC2CCC1(C)CC21NC(=O)c2ccccc2O1. The van der Waals surface area contributed by atoms with E-state index in [1.54, 1.807) is 6.07 Å². The Bertz CT molecular complexity index is 765. The fourth-order valence-corrected chi connectivity index (χ4v) is 5.18. The first-order valence-corrected chi connectivity index (χ1v) is 9.86. The van der Waals surface area contributed by atoms with E-state index in [-0.39, 0.29) is 29.1 Å². The number of nitrogens with one attached hydrogen (secondary N) is 2. The fourth-order valence-electron chi connectivity index (χ4n) is 5.18. The van der Waals surface area contributed by atoms with Crippen molar-refractivity contribution in [2.45, 2.75) is 38.3 Å². The van der Waals surface area contributed by atoms with E-state index in [1.165, 1.54) is 0 Å². The van der Waals surface area contributed by atoms with Crippen LogP contribution in [-0.2, 0) is 4.79 Å². The average Bonchev–Trinajstić information content (AvgIpc) is 2.60. The number of para-hydroxylation sites is 1. The number of likely N-dealkylation sites (N-methyl/N-ethyl adjacent to an activating group) is 1. The minimum absolute atomic E-state index is 0.0262. The molecule has 3 saturated carbocycles. The topological polar surface area (TPSA) is 70.7 Å². The first kappa shape index (κ1) is 18.3. The summed E-state index contributed by atoms with van der Waals surface area (Å²) in [6, 6.07) is 7.41. The van der Waals surface area contributed by atoms with Crippen LogP contribution in [0.3, 0.4) is 0 Å². The van der Waals surface area contributed by atoms with E-state index in [0.717, 1.165) is 25.8 Å². The van der Waals surface area contributed by atoms with E-state index in [2.05, 4.69) is 22.5 Å². The van der Waals surface area contributed by atoms with Crippen LogP contribution >= 0.6 is 0 Å². The standard InChI is InChI=1S/C21H29N3O3/c1-20-9-8-14(12-16(20)19(26)22-10-11-24(2)3)21(13-20)23-18(25)15-6-4-5-7-17(15)27-21/h4-7,14,16H,8-13H2,1-3H3,(H,22,26)(H,23,25). The summed E-state index contributed by atoms with van der Waals surface area (Å²) in [5.74, 6) is 0.855. The largest absolute Gasteiger partial charge is 0.467 e. The van der Waals surface area contributed by atoms with E-state index < -0.39 is 5.72 Å². The number of hydrogen-bond donors (Lipinski definition) is 2. The summed E-state index contributed by atoms with van der Waals surface area (Å²) in [7, 11) is 4.00. The molecule has 3 aliphatic carbocycles. The maximum Gasteiger partial charge on any atom is 0.258 e. The summed E-state index contributed by atoms with van der Waals surface area (Å²) in [5, 5.41) is 6.26. The number of fused-ring (bicyclic) bond motifs is 3. The molecule has 1 aromatic rings. The van der Waals surface area contributed by atoms with Gasteiger partial charge in [0.15, 0.2) is 5.72 Å². The summed E-state index contributed by atoms with van der Waals surface area (Å²) in [6.45, 7) is 3.67. The van der Waals surface area contributed by atoms with Crippen LogP contribution in [0.15, 0.2) is 24.3 Å². The molecule has 6 nitrogen and oxygen atoms in total. The summed E-state index contributed by atoms with van der Waals surface area (Å²) in [4.78, 5) is 27.6. The van der Waals surface area contributed by atoms with Gasteiger partial charge in [0.1, 0.15) is 5.75 Å². The number of carbonyl (C=O) groups is 2. The predicted molar refractivity (Wildman–Crippen MR) is 102 cm³/mol. The Morgan fingerprint density at radius 1 is 1.37 bits per heavy atom. The van der Waals surface area contributed by atoms with Crippen molar-refractivity contribution in [1.29, 1.82) is 0 Å². The molecule has 4 unspecified atom stereocenters. The van der Waals surface area contributed by atoms with Gasteiger partial charge in [-0.15, -0.1) is 0 Å². The number of carbonyl (C=O) groups excluding carboxylic acids is 2. The van der Waals surface area contributed by atoms with Gasteiger partial charge in [-0.05, 0) is 50.9 Å². The highest BCUT2D eigenvalue weighted by molar-refractivity contribution is 5.98. The van der Waals surface area contributed by atoms with Gasteiger partial charge < -0.3 is 20.3 Å². The Morgan fingerprint density at radius 3 is 2.89 bits per heavy atom. The number of amides is 2. The molecule has 1 spiro atoms. The van der Waals surface area contributed by atoms with Crippen LogP contribution in [0.2, 0.25) is 0 Å². The highest BCUT2D eigenvalue weighted by Crippen LogP contribution is 2.58. The van der Waals surface area contributed by atoms with Crippen LogP contribution in [0.25, 0.3) is 0 Å². The molecule has 0 radical (unpaired) electrons. The minimum Gasteiger partial charge on any atom is -0.467 e. The Balaban J connectivity index is 1.53. The molecule has 1 aromatic carbocycles. The van der Waals surface area contributed by atoms with Crippen molar-refractivity contribution in [2.75, 3.05) is 27.2 Å². The smallest absolute Gasteiger partial charge is 0.258 e. The lowest BCUT2D eigenvalue weighted by molar-refractivity contribution is -0.167. The first-order chi connectivity index (χ1) is 12.8. The Hall–Kier alpha value is -2.08. The van der Waals surface area contributed by atoms with Crippen LogP contribution in [0.5, 0.6) is 5.75 Å². The molecule has 2 amide bonds. The molecule has 0 saturated heterocycles. The van der Waals surface area contributed by atoms with E-state index in [1.807, 2.05) is 32.3 Å². The molecule has 6 heteroatoms. The van der Waals surface area contributed by atoms with Gasteiger partial charge in [0.2, 0.25) is 5.91 Å². The van der Waals surface area contributed by atoms with Gasteiger partial charge in [0.25, 0.3) is 5.91 Å². The van der Waals surface area contributed by atoms with Crippen molar-refractivity contribution in [3.05, 3.63) is 29.8 Å². The number of hydrogen-bond acceptors (Lipinski definition) is 4. The van der Waals surface area contributed by atoms with E-state index in [4.69, 9.17) is 4.74 Å². The lowest BCUT2D eigenvalue weighted by atomic mass is 9.52. The number of benzene rings is 1. The highest BCUT2D eigenvalue weighted by Gasteiger charge is 2.61. The lowest BCUT2D eigenvalue weighted by Crippen LogP contribution is -2.69. The summed E-state index contributed by atoms with van der Waals surface area (Å²) in [5.41, 5.74) is -0.261. The predicted octanol–water partition coefficient (Wildman–Crippen LogP) is 2.01. The molecule has 2 N–H and O–H groups in total. The van der Waals surface area contributed by atoms with Crippen molar-refractivity contribution >= 4 is 11.8 Å².